The fourth-order valence-corrected chi connectivity index (χ4v) is 2.12. The monoisotopic (exact) mass is 279 g/mol. The lowest BCUT2D eigenvalue weighted by Gasteiger charge is -2.20. The Morgan fingerprint density at radius 1 is 1.30 bits per heavy atom. The van der Waals surface area contributed by atoms with E-state index in [1.165, 1.54) is 6.07 Å². The van der Waals surface area contributed by atoms with E-state index in [0.29, 0.717) is 6.42 Å². The Morgan fingerprint density at radius 3 is 2.60 bits per heavy atom. The minimum absolute atomic E-state index is 0.000516. The van der Waals surface area contributed by atoms with Crippen molar-refractivity contribution in [2.45, 2.75) is 39.5 Å². The van der Waals surface area contributed by atoms with Crippen LogP contribution in [0.1, 0.15) is 39.5 Å². The number of nitrogens with one attached hydrogen (secondary N) is 1. The summed E-state index contributed by atoms with van der Waals surface area (Å²) in [5, 5.41) is 12.2. The lowest BCUT2D eigenvalue weighted by Crippen LogP contribution is -2.27. The topological polar surface area (TPSA) is 65.5 Å². The first kappa shape index (κ1) is 16.4. The molecule has 0 saturated heterocycles. The molecular formula is C15H25N3O2. The van der Waals surface area contributed by atoms with Crippen LogP contribution in [0, 0.1) is 0 Å². The second-order valence-corrected chi connectivity index (χ2v) is 4.86. The molecule has 1 amide bonds. The van der Waals surface area contributed by atoms with Crippen molar-refractivity contribution in [2.24, 2.45) is 0 Å². The van der Waals surface area contributed by atoms with Crippen molar-refractivity contribution >= 4 is 11.7 Å². The number of aromatic hydroxyl groups is 1. The molecule has 2 N–H and O–H groups in total. The summed E-state index contributed by atoms with van der Waals surface area (Å²) in [7, 11) is 0. The Hall–Kier alpha value is -1.62. The molecule has 0 bridgehead atoms. The summed E-state index contributed by atoms with van der Waals surface area (Å²) < 4.78 is 0. The second kappa shape index (κ2) is 9.31. The van der Waals surface area contributed by atoms with Crippen LogP contribution in [0.15, 0.2) is 18.3 Å². The maximum atomic E-state index is 11.8. The fourth-order valence-electron chi connectivity index (χ4n) is 2.12. The van der Waals surface area contributed by atoms with Gasteiger partial charge >= 0.3 is 0 Å². The van der Waals surface area contributed by atoms with Crippen LogP contribution >= 0.6 is 0 Å². The molecule has 0 atom stereocenters. The highest BCUT2D eigenvalue weighted by Crippen LogP contribution is 2.18. The molecule has 0 saturated carbocycles. The summed E-state index contributed by atoms with van der Waals surface area (Å²) in [5.74, 6) is 0.128. The Morgan fingerprint density at radius 2 is 2.00 bits per heavy atom. The van der Waals surface area contributed by atoms with Crippen molar-refractivity contribution in [3.63, 3.8) is 0 Å². The van der Waals surface area contributed by atoms with Crippen molar-refractivity contribution in [2.75, 3.05) is 25.0 Å². The summed E-state index contributed by atoms with van der Waals surface area (Å²) in [6.07, 6.45) is 5.07. The highest BCUT2D eigenvalue weighted by molar-refractivity contribution is 5.90. The third-order valence-electron chi connectivity index (χ3n) is 3.00. The lowest BCUT2D eigenvalue weighted by atomic mass is 10.2. The van der Waals surface area contributed by atoms with E-state index in [0.717, 1.165) is 38.9 Å². The third kappa shape index (κ3) is 6.02. The standard InChI is InChI=1S/C15H25N3O2/c1-3-10-18(11-4-2)12-6-8-14(20)17-15-13(19)7-5-9-16-15/h5,7,9,19H,3-4,6,8,10-12H2,1-2H3,(H,16,17,20). The van der Waals surface area contributed by atoms with E-state index in [-0.39, 0.29) is 17.5 Å². The summed E-state index contributed by atoms with van der Waals surface area (Å²) in [4.78, 5) is 18.1. The molecule has 0 radical (unpaired) electrons. The first-order valence-electron chi connectivity index (χ1n) is 7.33. The molecule has 5 heteroatoms. The molecule has 0 aliphatic heterocycles. The molecule has 5 nitrogen and oxygen atoms in total. The fraction of sp³-hybridized carbons (Fsp3) is 0.600. The average Bonchev–Trinajstić information content (AvgIpc) is 2.42. The number of rotatable bonds is 9. The van der Waals surface area contributed by atoms with Crippen LogP contribution in [0.2, 0.25) is 0 Å². The van der Waals surface area contributed by atoms with Gasteiger partial charge in [-0.25, -0.2) is 4.98 Å². The summed E-state index contributed by atoms with van der Waals surface area (Å²) in [6.45, 7) is 7.43. The lowest BCUT2D eigenvalue weighted by molar-refractivity contribution is -0.116. The molecule has 0 spiro atoms. The van der Waals surface area contributed by atoms with Gasteiger partial charge in [-0.3, -0.25) is 4.79 Å². The number of pyridine rings is 1. The molecule has 112 valence electrons. The van der Waals surface area contributed by atoms with Crippen LogP contribution in [0.25, 0.3) is 0 Å². The predicted octanol–water partition coefficient (Wildman–Crippen LogP) is 2.63. The number of anilines is 1. The summed E-state index contributed by atoms with van der Waals surface area (Å²) in [6, 6.07) is 3.13. The molecule has 20 heavy (non-hydrogen) atoms. The van der Waals surface area contributed by atoms with Crippen molar-refractivity contribution in [3.8, 4) is 5.75 Å². The molecule has 1 heterocycles. The quantitative estimate of drug-likeness (QED) is 0.729. The molecule has 1 rings (SSSR count). The van der Waals surface area contributed by atoms with Gasteiger partial charge in [-0.1, -0.05) is 13.8 Å². The highest BCUT2D eigenvalue weighted by atomic mass is 16.3. The number of nitrogens with zero attached hydrogens (tertiary/aromatic N) is 2. The normalized spacial score (nSPS) is 10.8. The Balaban J connectivity index is 2.31. The van der Waals surface area contributed by atoms with Gasteiger partial charge in [0, 0.05) is 12.6 Å². The smallest absolute Gasteiger partial charge is 0.225 e. The zero-order valence-corrected chi connectivity index (χ0v) is 12.4. The second-order valence-electron chi connectivity index (χ2n) is 4.86. The van der Waals surface area contributed by atoms with E-state index in [1.807, 2.05) is 0 Å². The largest absolute Gasteiger partial charge is 0.504 e. The molecule has 0 aromatic carbocycles. The molecule has 0 unspecified atom stereocenters. The van der Waals surface area contributed by atoms with Gasteiger partial charge in [-0.05, 0) is 51.0 Å². The number of amides is 1. The van der Waals surface area contributed by atoms with Gasteiger partial charge in [0.25, 0.3) is 0 Å². The summed E-state index contributed by atoms with van der Waals surface area (Å²) >= 11 is 0. The molecule has 0 aliphatic rings. The predicted molar refractivity (Wildman–Crippen MR) is 80.8 cm³/mol. The summed E-state index contributed by atoms with van der Waals surface area (Å²) in [5.41, 5.74) is 0. The van der Waals surface area contributed by atoms with Crippen LogP contribution < -0.4 is 5.32 Å². The van der Waals surface area contributed by atoms with Crippen LogP contribution in [0.4, 0.5) is 5.82 Å². The molecule has 0 fully saturated rings. The SMILES string of the molecule is CCCN(CCC)CCCC(=O)Nc1ncccc1O. The Bertz CT molecular complexity index is 404. The van der Waals surface area contributed by atoms with Gasteiger partial charge < -0.3 is 15.3 Å². The average molecular weight is 279 g/mol. The zero-order chi connectivity index (χ0) is 14.8. The van der Waals surface area contributed by atoms with Crippen molar-refractivity contribution in [1.82, 2.24) is 9.88 Å². The van der Waals surface area contributed by atoms with E-state index in [4.69, 9.17) is 0 Å². The first-order valence-corrected chi connectivity index (χ1v) is 7.33. The highest BCUT2D eigenvalue weighted by Gasteiger charge is 2.08. The van der Waals surface area contributed by atoms with Gasteiger partial charge in [0.05, 0.1) is 0 Å². The van der Waals surface area contributed by atoms with Crippen LogP contribution in [-0.2, 0) is 4.79 Å². The van der Waals surface area contributed by atoms with E-state index >= 15 is 0 Å². The van der Waals surface area contributed by atoms with Crippen LogP contribution in [0.5, 0.6) is 5.75 Å². The van der Waals surface area contributed by atoms with E-state index < -0.39 is 0 Å². The number of carbonyl (C=O) groups is 1. The minimum atomic E-state index is -0.105. The van der Waals surface area contributed by atoms with E-state index in [2.05, 4.69) is 29.0 Å². The van der Waals surface area contributed by atoms with Gasteiger partial charge in [0.2, 0.25) is 5.91 Å². The van der Waals surface area contributed by atoms with Gasteiger partial charge in [-0.2, -0.15) is 0 Å². The van der Waals surface area contributed by atoms with Crippen LogP contribution in [-0.4, -0.2) is 40.5 Å². The minimum Gasteiger partial charge on any atom is -0.504 e. The van der Waals surface area contributed by atoms with Crippen molar-refractivity contribution in [3.05, 3.63) is 18.3 Å². The van der Waals surface area contributed by atoms with Gasteiger partial charge in [-0.15, -0.1) is 0 Å². The number of hydrogen-bond donors (Lipinski definition) is 2. The molecular weight excluding hydrogens is 254 g/mol. The number of hydrogen-bond acceptors (Lipinski definition) is 4. The van der Waals surface area contributed by atoms with E-state index in [9.17, 15) is 9.90 Å². The van der Waals surface area contributed by atoms with Crippen molar-refractivity contribution < 1.29 is 9.90 Å². The maximum Gasteiger partial charge on any atom is 0.225 e. The van der Waals surface area contributed by atoms with Gasteiger partial charge in [0.1, 0.15) is 0 Å². The Kier molecular flexibility index (Phi) is 7.65. The maximum absolute atomic E-state index is 11.8. The molecule has 1 aromatic heterocycles. The van der Waals surface area contributed by atoms with Crippen LogP contribution in [0.3, 0.4) is 0 Å². The first-order chi connectivity index (χ1) is 9.67. The number of carbonyl (C=O) groups excluding carboxylic acids is 1. The van der Waals surface area contributed by atoms with Crippen molar-refractivity contribution in [1.29, 1.82) is 0 Å². The Labute approximate surface area is 121 Å². The third-order valence-corrected chi connectivity index (χ3v) is 3.00. The van der Waals surface area contributed by atoms with E-state index in [1.54, 1.807) is 12.3 Å². The zero-order valence-electron chi connectivity index (χ0n) is 12.4. The van der Waals surface area contributed by atoms with Gasteiger partial charge in [0.15, 0.2) is 11.6 Å². The molecule has 0 aliphatic carbocycles. The molecule has 1 aromatic rings. The number of aromatic nitrogens is 1.